The monoisotopic (exact) mass is 305 g/mol. The summed E-state index contributed by atoms with van der Waals surface area (Å²) in [6.07, 6.45) is -5.70. The molecule has 0 fully saturated rings. The molecule has 21 heavy (non-hydrogen) atoms. The van der Waals surface area contributed by atoms with Gasteiger partial charge in [0.15, 0.2) is 11.5 Å². The Morgan fingerprint density at radius 2 is 2.00 bits per heavy atom. The first-order valence-corrected chi connectivity index (χ1v) is 6.25. The molecule has 1 heterocycles. The molecule has 0 aliphatic carbocycles. The molecule has 0 radical (unpaired) electrons. The highest BCUT2D eigenvalue weighted by atomic mass is 19.4. The number of nitrogens with zero attached hydrogens (tertiary/aromatic N) is 1. The third-order valence-electron chi connectivity index (χ3n) is 2.84. The van der Waals surface area contributed by atoms with Crippen LogP contribution in [0.3, 0.4) is 0 Å². The standard InChI is InChI=1S/C13H14F3NO4/c14-13(15,16)8-17(5-6-18)12(19)11-7-20-9-3-1-2-4-10(9)21-11/h1-4,11,18H,5-8H2. The normalized spacial score (nSPS) is 17.4. The Bertz CT molecular complexity index is 506. The van der Waals surface area contributed by atoms with Gasteiger partial charge in [-0.15, -0.1) is 0 Å². The lowest BCUT2D eigenvalue weighted by molar-refractivity contribution is -0.167. The van der Waals surface area contributed by atoms with E-state index >= 15 is 0 Å². The summed E-state index contributed by atoms with van der Waals surface area (Å²) in [6.45, 7) is -2.59. The average molecular weight is 305 g/mol. The number of carbonyl (C=O) groups excluding carboxylic acids is 1. The summed E-state index contributed by atoms with van der Waals surface area (Å²) >= 11 is 0. The van der Waals surface area contributed by atoms with Crippen molar-refractivity contribution in [3.05, 3.63) is 24.3 Å². The van der Waals surface area contributed by atoms with Gasteiger partial charge in [0.2, 0.25) is 6.10 Å². The van der Waals surface area contributed by atoms with Crippen LogP contribution in [0.15, 0.2) is 24.3 Å². The molecule has 0 saturated carbocycles. The van der Waals surface area contributed by atoms with E-state index in [9.17, 15) is 18.0 Å². The van der Waals surface area contributed by atoms with Gasteiger partial charge in [0.05, 0.1) is 6.61 Å². The van der Waals surface area contributed by atoms with Gasteiger partial charge >= 0.3 is 6.18 Å². The second kappa shape index (κ2) is 6.21. The smallest absolute Gasteiger partial charge is 0.406 e. The first-order chi connectivity index (χ1) is 9.90. The van der Waals surface area contributed by atoms with Gasteiger partial charge in [-0.1, -0.05) is 12.1 Å². The fraction of sp³-hybridized carbons (Fsp3) is 0.462. The third kappa shape index (κ3) is 4.01. The number of carbonyl (C=O) groups is 1. The predicted octanol–water partition coefficient (Wildman–Crippen LogP) is 1.21. The Labute approximate surface area is 118 Å². The Hall–Kier alpha value is -1.96. The molecule has 116 valence electrons. The van der Waals surface area contributed by atoms with Crippen LogP contribution in [-0.2, 0) is 4.79 Å². The summed E-state index contributed by atoms with van der Waals surface area (Å²) in [5, 5.41) is 8.81. The van der Waals surface area contributed by atoms with Crippen LogP contribution in [0.5, 0.6) is 11.5 Å². The second-order valence-corrected chi connectivity index (χ2v) is 4.46. The van der Waals surface area contributed by atoms with Gasteiger partial charge < -0.3 is 19.5 Å². The van der Waals surface area contributed by atoms with Crippen LogP contribution in [0.4, 0.5) is 13.2 Å². The van der Waals surface area contributed by atoms with Crippen LogP contribution < -0.4 is 9.47 Å². The molecule has 1 aromatic carbocycles. The van der Waals surface area contributed by atoms with Gasteiger partial charge in [-0.3, -0.25) is 4.79 Å². The molecule has 0 aromatic heterocycles. The first kappa shape index (κ1) is 15.4. The lowest BCUT2D eigenvalue weighted by Gasteiger charge is -2.30. The number of benzene rings is 1. The number of amides is 1. The quantitative estimate of drug-likeness (QED) is 0.908. The van der Waals surface area contributed by atoms with E-state index in [2.05, 4.69) is 0 Å². The Morgan fingerprint density at radius 3 is 2.62 bits per heavy atom. The number of hydrogen-bond donors (Lipinski definition) is 1. The zero-order valence-electron chi connectivity index (χ0n) is 11.0. The predicted molar refractivity (Wildman–Crippen MR) is 66.1 cm³/mol. The van der Waals surface area contributed by atoms with Crippen LogP contribution in [0, 0.1) is 0 Å². The molecular weight excluding hydrogens is 291 g/mol. The molecule has 8 heteroatoms. The van der Waals surface area contributed by atoms with Crippen LogP contribution >= 0.6 is 0 Å². The largest absolute Gasteiger partial charge is 0.485 e. The molecule has 1 amide bonds. The van der Waals surface area contributed by atoms with Crippen molar-refractivity contribution in [3.8, 4) is 11.5 Å². The van der Waals surface area contributed by atoms with E-state index in [1.807, 2.05) is 0 Å². The summed E-state index contributed by atoms with van der Waals surface area (Å²) < 4.78 is 48.0. The summed E-state index contributed by atoms with van der Waals surface area (Å²) in [5.41, 5.74) is 0. The van der Waals surface area contributed by atoms with E-state index in [1.54, 1.807) is 24.3 Å². The fourth-order valence-corrected chi connectivity index (χ4v) is 1.95. The van der Waals surface area contributed by atoms with Crippen molar-refractivity contribution in [2.45, 2.75) is 12.3 Å². The molecule has 1 N–H and O–H groups in total. The second-order valence-electron chi connectivity index (χ2n) is 4.46. The van der Waals surface area contributed by atoms with Crippen molar-refractivity contribution in [1.29, 1.82) is 0 Å². The number of fused-ring (bicyclic) bond motifs is 1. The van der Waals surface area contributed by atoms with Crippen molar-refractivity contribution < 1.29 is 32.5 Å². The molecule has 0 bridgehead atoms. The maximum atomic E-state index is 12.4. The van der Waals surface area contributed by atoms with E-state index in [-0.39, 0.29) is 6.61 Å². The minimum absolute atomic E-state index is 0.171. The van der Waals surface area contributed by atoms with Crippen molar-refractivity contribution >= 4 is 5.91 Å². The molecule has 1 aliphatic heterocycles. The van der Waals surface area contributed by atoms with Gasteiger partial charge in [0, 0.05) is 6.54 Å². The lowest BCUT2D eigenvalue weighted by atomic mass is 10.2. The first-order valence-electron chi connectivity index (χ1n) is 6.25. The van der Waals surface area contributed by atoms with Crippen molar-refractivity contribution in [3.63, 3.8) is 0 Å². The van der Waals surface area contributed by atoms with Gasteiger partial charge in [0.25, 0.3) is 5.91 Å². The number of halogens is 3. The highest BCUT2D eigenvalue weighted by Crippen LogP contribution is 2.31. The minimum atomic E-state index is -4.54. The number of rotatable bonds is 4. The average Bonchev–Trinajstić information content (AvgIpc) is 2.44. The summed E-state index contributed by atoms with van der Waals surface area (Å²) in [7, 11) is 0. The summed E-state index contributed by atoms with van der Waals surface area (Å²) in [4.78, 5) is 12.6. The molecule has 1 atom stereocenters. The molecule has 1 unspecified atom stereocenters. The zero-order chi connectivity index (χ0) is 15.5. The SMILES string of the molecule is O=C(C1COc2ccccc2O1)N(CCO)CC(F)(F)F. The van der Waals surface area contributed by atoms with Gasteiger partial charge in [-0.2, -0.15) is 13.2 Å². The molecule has 1 aliphatic rings. The molecular formula is C13H14F3NO4. The van der Waals surface area contributed by atoms with Gasteiger partial charge in [-0.25, -0.2) is 0 Å². The maximum absolute atomic E-state index is 12.4. The van der Waals surface area contributed by atoms with Crippen molar-refractivity contribution in [2.75, 3.05) is 26.3 Å². The molecule has 5 nitrogen and oxygen atoms in total. The minimum Gasteiger partial charge on any atom is -0.485 e. The molecule has 0 saturated heterocycles. The van der Waals surface area contributed by atoms with Gasteiger partial charge in [-0.05, 0) is 12.1 Å². The van der Waals surface area contributed by atoms with Crippen molar-refractivity contribution in [1.82, 2.24) is 4.90 Å². The zero-order valence-corrected chi connectivity index (χ0v) is 11.0. The number of para-hydroxylation sites is 2. The number of aliphatic hydroxyl groups excluding tert-OH is 1. The molecule has 1 aromatic rings. The molecule has 0 spiro atoms. The highest BCUT2D eigenvalue weighted by molar-refractivity contribution is 5.82. The van der Waals surface area contributed by atoms with E-state index in [0.29, 0.717) is 16.4 Å². The number of alkyl halides is 3. The van der Waals surface area contributed by atoms with E-state index in [1.165, 1.54) is 0 Å². The number of ether oxygens (including phenoxy) is 2. The topological polar surface area (TPSA) is 59.0 Å². The third-order valence-corrected chi connectivity index (χ3v) is 2.84. The number of aliphatic hydroxyl groups is 1. The van der Waals surface area contributed by atoms with E-state index in [0.717, 1.165) is 0 Å². The Kier molecular flexibility index (Phi) is 4.56. The summed E-state index contributed by atoms with van der Waals surface area (Å²) in [6, 6.07) is 6.58. The van der Waals surface area contributed by atoms with Crippen LogP contribution in [-0.4, -0.2) is 54.5 Å². The lowest BCUT2D eigenvalue weighted by Crippen LogP contribution is -2.50. The maximum Gasteiger partial charge on any atom is 0.406 e. The summed E-state index contributed by atoms with van der Waals surface area (Å²) in [5.74, 6) is -0.125. The highest BCUT2D eigenvalue weighted by Gasteiger charge is 2.37. The van der Waals surface area contributed by atoms with Gasteiger partial charge in [0.1, 0.15) is 13.2 Å². The fourth-order valence-electron chi connectivity index (χ4n) is 1.95. The van der Waals surface area contributed by atoms with E-state index in [4.69, 9.17) is 14.6 Å². The van der Waals surface area contributed by atoms with Crippen LogP contribution in [0.2, 0.25) is 0 Å². The Balaban J connectivity index is 2.08. The van der Waals surface area contributed by atoms with E-state index < -0.39 is 37.9 Å². The van der Waals surface area contributed by atoms with Crippen LogP contribution in [0.25, 0.3) is 0 Å². The Morgan fingerprint density at radius 1 is 1.33 bits per heavy atom. The van der Waals surface area contributed by atoms with Crippen molar-refractivity contribution in [2.24, 2.45) is 0 Å². The van der Waals surface area contributed by atoms with Crippen LogP contribution in [0.1, 0.15) is 0 Å². The molecule has 2 rings (SSSR count). The number of hydrogen-bond acceptors (Lipinski definition) is 4.